The van der Waals surface area contributed by atoms with Crippen LogP contribution in [0.2, 0.25) is 0 Å². The van der Waals surface area contributed by atoms with E-state index in [0.29, 0.717) is 0 Å². The molecular formula is C15H18FN3O4S. The van der Waals surface area contributed by atoms with Gasteiger partial charge < -0.3 is 5.32 Å². The minimum Gasteiger partial charge on any atom is -0.362 e. The first-order valence-electron chi connectivity index (χ1n) is 7.12. The van der Waals surface area contributed by atoms with Crippen LogP contribution in [-0.4, -0.2) is 29.7 Å². The molecule has 0 aromatic heterocycles. The number of amidine groups is 1. The number of nitrogens with one attached hydrogen (secondary N) is 2. The molecule has 9 heteroatoms. The molecule has 1 aromatic carbocycles. The van der Waals surface area contributed by atoms with Gasteiger partial charge in [0, 0.05) is 17.7 Å². The molecule has 1 heterocycles. The summed E-state index contributed by atoms with van der Waals surface area (Å²) in [7, 11) is -3.83. The predicted molar refractivity (Wildman–Crippen MR) is 88.3 cm³/mol. The molecule has 1 aliphatic heterocycles. The van der Waals surface area contributed by atoms with Crippen molar-refractivity contribution in [3.63, 3.8) is 0 Å². The standard InChI is InChI=1S/C15H18FN3O4S/c1-4-7-15(3)13(17)18-14(2,9-24(15,22)23)11-8-10(19(20)21)5-6-12(11)16/h4-6,8H,1,7,9H2,2-3H3,(H2,17,18)/t14-,15+/m0/s1. The molecule has 0 unspecified atom stereocenters. The Bertz CT molecular complexity index is 839. The molecule has 130 valence electrons. The van der Waals surface area contributed by atoms with Gasteiger partial charge in [-0.2, -0.15) is 0 Å². The lowest BCUT2D eigenvalue weighted by Crippen LogP contribution is -2.65. The first kappa shape index (κ1) is 18.1. The fraction of sp³-hybridized carbons (Fsp3) is 0.400. The lowest BCUT2D eigenvalue weighted by molar-refractivity contribution is -0.385. The number of rotatable bonds is 4. The van der Waals surface area contributed by atoms with E-state index in [0.717, 1.165) is 18.2 Å². The minimum absolute atomic E-state index is 0.0364. The maximum absolute atomic E-state index is 14.2. The second-order valence-electron chi connectivity index (χ2n) is 6.24. The first-order valence-corrected chi connectivity index (χ1v) is 8.77. The summed E-state index contributed by atoms with van der Waals surface area (Å²) in [5.74, 6) is -1.56. The molecule has 0 radical (unpaired) electrons. The Kier molecular flexibility index (Phi) is 4.26. The van der Waals surface area contributed by atoms with E-state index in [4.69, 9.17) is 5.41 Å². The van der Waals surface area contributed by atoms with Crippen LogP contribution in [0.25, 0.3) is 0 Å². The normalized spacial score (nSPS) is 28.9. The molecule has 7 nitrogen and oxygen atoms in total. The number of nitrogens with zero attached hydrogens (tertiary/aromatic N) is 1. The van der Waals surface area contributed by atoms with E-state index in [1.807, 2.05) is 0 Å². The lowest BCUT2D eigenvalue weighted by atomic mass is 9.90. The Morgan fingerprint density at radius 2 is 2.12 bits per heavy atom. The summed E-state index contributed by atoms with van der Waals surface area (Å²) in [5, 5.41) is 21.8. The number of hydrogen-bond donors (Lipinski definition) is 2. The number of nitro groups is 1. The summed E-state index contributed by atoms with van der Waals surface area (Å²) < 4.78 is 38.2. The maximum atomic E-state index is 14.2. The highest BCUT2D eigenvalue weighted by molar-refractivity contribution is 7.93. The summed E-state index contributed by atoms with van der Waals surface area (Å²) in [5.41, 5.74) is -1.99. The van der Waals surface area contributed by atoms with E-state index >= 15 is 0 Å². The third kappa shape index (κ3) is 2.68. The van der Waals surface area contributed by atoms with Crippen molar-refractivity contribution in [2.45, 2.75) is 30.6 Å². The van der Waals surface area contributed by atoms with Gasteiger partial charge in [-0.3, -0.25) is 15.5 Å². The van der Waals surface area contributed by atoms with Crippen molar-refractivity contribution in [2.75, 3.05) is 5.75 Å². The zero-order valence-corrected chi connectivity index (χ0v) is 14.1. The fourth-order valence-electron chi connectivity index (χ4n) is 2.84. The third-order valence-electron chi connectivity index (χ3n) is 4.38. The highest BCUT2D eigenvalue weighted by atomic mass is 32.2. The Balaban J connectivity index is 2.58. The molecule has 1 fully saturated rings. The number of sulfone groups is 1. The summed E-state index contributed by atoms with van der Waals surface area (Å²) in [6, 6.07) is 2.93. The lowest BCUT2D eigenvalue weighted by Gasteiger charge is -2.44. The van der Waals surface area contributed by atoms with Crippen molar-refractivity contribution in [3.8, 4) is 0 Å². The molecule has 2 atom stereocenters. The molecule has 1 aromatic rings. The van der Waals surface area contributed by atoms with Gasteiger partial charge in [0.05, 0.1) is 16.2 Å². The largest absolute Gasteiger partial charge is 0.362 e. The predicted octanol–water partition coefficient (Wildman–Crippen LogP) is 2.28. The van der Waals surface area contributed by atoms with Crippen molar-refractivity contribution in [1.29, 1.82) is 5.41 Å². The van der Waals surface area contributed by atoms with E-state index in [2.05, 4.69) is 11.9 Å². The number of halogens is 1. The first-order chi connectivity index (χ1) is 11.0. The molecule has 0 amide bonds. The second kappa shape index (κ2) is 5.66. The van der Waals surface area contributed by atoms with Crippen LogP contribution in [0.1, 0.15) is 25.8 Å². The van der Waals surface area contributed by atoms with Gasteiger partial charge in [-0.05, 0) is 26.3 Å². The van der Waals surface area contributed by atoms with Crippen LogP contribution >= 0.6 is 0 Å². The van der Waals surface area contributed by atoms with Gasteiger partial charge in [0.2, 0.25) is 0 Å². The van der Waals surface area contributed by atoms with Crippen LogP contribution in [-0.2, 0) is 15.4 Å². The van der Waals surface area contributed by atoms with Gasteiger partial charge in [0.25, 0.3) is 5.69 Å². The molecular weight excluding hydrogens is 337 g/mol. The van der Waals surface area contributed by atoms with E-state index in [9.17, 15) is 22.9 Å². The molecule has 2 N–H and O–H groups in total. The number of hydrogen-bond acceptors (Lipinski definition) is 5. The highest BCUT2D eigenvalue weighted by Gasteiger charge is 2.53. The summed E-state index contributed by atoms with van der Waals surface area (Å²) >= 11 is 0. The Labute approximate surface area is 139 Å². The molecule has 1 aliphatic rings. The molecule has 0 saturated carbocycles. The topological polar surface area (TPSA) is 113 Å². The Morgan fingerprint density at radius 3 is 2.62 bits per heavy atom. The van der Waals surface area contributed by atoms with Crippen molar-refractivity contribution in [1.82, 2.24) is 5.32 Å². The summed E-state index contributed by atoms with van der Waals surface area (Å²) in [4.78, 5) is 10.2. The number of allylic oxidation sites excluding steroid dienone is 1. The van der Waals surface area contributed by atoms with Crippen molar-refractivity contribution in [2.24, 2.45) is 0 Å². The van der Waals surface area contributed by atoms with Gasteiger partial charge in [-0.25, -0.2) is 12.8 Å². The van der Waals surface area contributed by atoms with Crippen LogP contribution in [0.15, 0.2) is 30.9 Å². The van der Waals surface area contributed by atoms with Crippen LogP contribution in [0.4, 0.5) is 10.1 Å². The van der Waals surface area contributed by atoms with Gasteiger partial charge >= 0.3 is 0 Å². The Morgan fingerprint density at radius 1 is 1.50 bits per heavy atom. The maximum Gasteiger partial charge on any atom is 0.269 e. The highest BCUT2D eigenvalue weighted by Crippen LogP contribution is 2.37. The number of non-ortho nitro benzene ring substituents is 1. The van der Waals surface area contributed by atoms with Crippen LogP contribution < -0.4 is 5.32 Å². The number of benzene rings is 1. The van der Waals surface area contributed by atoms with E-state index in [1.54, 1.807) is 0 Å². The second-order valence-corrected chi connectivity index (χ2v) is 8.66. The van der Waals surface area contributed by atoms with Gasteiger partial charge in [0.15, 0.2) is 9.84 Å². The molecule has 2 rings (SSSR count). The molecule has 1 saturated heterocycles. The number of nitro benzene ring substituents is 1. The smallest absolute Gasteiger partial charge is 0.269 e. The van der Waals surface area contributed by atoms with Gasteiger partial charge in [-0.1, -0.05) is 6.08 Å². The SMILES string of the molecule is C=CC[C@]1(C)C(=N)N[C@](C)(c2cc([N+](=O)[O-])ccc2F)CS1(=O)=O. The van der Waals surface area contributed by atoms with Crippen molar-refractivity contribution in [3.05, 3.63) is 52.3 Å². The fourth-order valence-corrected chi connectivity index (χ4v) is 4.88. The molecule has 0 spiro atoms. The average molecular weight is 355 g/mol. The van der Waals surface area contributed by atoms with Crippen LogP contribution in [0, 0.1) is 21.3 Å². The van der Waals surface area contributed by atoms with E-state index in [1.165, 1.54) is 19.9 Å². The van der Waals surface area contributed by atoms with Gasteiger partial charge in [-0.15, -0.1) is 6.58 Å². The Hall–Kier alpha value is -2.29. The van der Waals surface area contributed by atoms with E-state index in [-0.39, 0.29) is 23.5 Å². The van der Waals surface area contributed by atoms with Crippen molar-refractivity contribution >= 4 is 21.4 Å². The molecule has 0 aliphatic carbocycles. The van der Waals surface area contributed by atoms with Crippen molar-refractivity contribution < 1.29 is 17.7 Å². The van der Waals surface area contributed by atoms with Crippen LogP contribution in [0.3, 0.4) is 0 Å². The summed E-state index contributed by atoms with van der Waals surface area (Å²) in [6.07, 6.45) is 1.44. The quantitative estimate of drug-likeness (QED) is 0.489. The zero-order valence-electron chi connectivity index (χ0n) is 13.3. The van der Waals surface area contributed by atoms with Crippen LogP contribution in [0.5, 0.6) is 0 Å². The zero-order chi connectivity index (χ0) is 18.3. The third-order valence-corrected chi connectivity index (χ3v) is 7.08. The summed E-state index contributed by atoms with van der Waals surface area (Å²) in [6.45, 7) is 6.33. The van der Waals surface area contributed by atoms with Gasteiger partial charge in [0.1, 0.15) is 16.4 Å². The average Bonchev–Trinajstić information content (AvgIpc) is 2.45. The molecule has 0 bridgehead atoms. The molecule has 24 heavy (non-hydrogen) atoms. The monoisotopic (exact) mass is 355 g/mol. The van der Waals surface area contributed by atoms with E-state index < -0.39 is 36.6 Å². The minimum atomic E-state index is -3.83.